The molecule has 0 amide bonds. The molecule has 1 heterocycles. The smallest absolute Gasteiger partial charge is 0.185 e. The van der Waals surface area contributed by atoms with Gasteiger partial charge in [0.1, 0.15) is 5.82 Å². The van der Waals surface area contributed by atoms with E-state index in [4.69, 9.17) is 0 Å². The first kappa shape index (κ1) is 14.9. The van der Waals surface area contributed by atoms with E-state index in [0.717, 1.165) is 17.0 Å². The number of aromatic amines is 1. The van der Waals surface area contributed by atoms with Gasteiger partial charge in [0.15, 0.2) is 5.78 Å². The lowest BCUT2D eigenvalue weighted by Gasteiger charge is -1.99. The number of nitrogens with zero attached hydrogens (tertiary/aromatic N) is 1. The minimum atomic E-state index is -0.313. The van der Waals surface area contributed by atoms with E-state index < -0.39 is 0 Å². The summed E-state index contributed by atoms with van der Waals surface area (Å²) in [6.07, 6.45) is 3.12. The Morgan fingerprint density at radius 2 is 1.91 bits per heavy atom. The Balaban J connectivity index is 1.76. The maximum absolute atomic E-state index is 13.2. The van der Waals surface area contributed by atoms with Gasteiger partial charge in [0.2, 0.25) is 0 Å². The first-order valence-electron chi connectivity index (χ1n) is 7.23. The van der Waals surface area contributed by atoms with Crippen LogP contribution in [0.15, 0.2) is 60.7 Å². The van der Waals surface area contributed by atoms with Gasteiger partial charge in [-0.1, -0.05) is 30.3 Å². The van der Waals surface area contributed by atoms with Crippen LogP contribution in [0.3, 0.4) is 0 Å². The first-order valence-corrected chi connectivity index (χ1v) is 7.23. The fourth-order valence-corrected chi connectivity index (χ4v) is 2.24. The average molecular weight is 306 g/mol. The molecule has 0 aliphatic heterocycles. The Hall–Kier alpha value is -3.01. The number of hydrogen-bond acceptors (Lipinski definition) is 2. The zero-order chi connectivity index (χ0) is 16.2. The van der Waals surface area contributed by atoms with Crippen LogP contribution in [-0.2, 0) is 0 Å². The molecule has 114 valence electrons. The number of hydrogen-bond donors (Lipinski definition) is 1. The summed E-state index contributed by atoms with van der Waals surface area (Å²) in [5.41, 5.74) is 3.47. The lowest BCUT2D eigenvalue weighted by Crippen LogP contribution is -1.96. The second-order valence-electron chi connectivity index (χ2n) is 5.24. The second kappa shape index (κ2) is 6.40. The Labute approximate surface area is 133 Å². The third kappa shape index (κ3) is 3.43. The van der Waals surface area contributed by atoms with E-state index in [9.17, 15) is 9.18 Å². The highest BCUT2D eigenvalue weighted by Crippen LogP contribution is 2.17. The van der Waals surface area contributed by atoms with Gasteiger partial charge in [0, 0.05) is 11.1 Å². The Kier molecular flexibility index (Phi) is 4.15. The number of aryl methyl sites for hydroxylation is 1. The monoisotopic (exact) mass is 306 g/mol. The SMILES string of the molecule is Cc1cc(C(=O)/C=C/c2cc(-c3ccccc3)n[nH]2)ccc1F. The van der Waals surface area contributed by atoms with Crippen molar-refractivity contribution in [2.45, 2.75) is 6.92 Å². The maximum atomic E-state index is 13.2. The molecule has 0 atom stereocenters. The summed E-state index contributed by atoms with van der Waals surface area (Å²) in [4.78, 5) is 12.1. The molecule has 3 nitrogen and oxygen atoms in total. The number of carbonyl (C=O) groups excluding carboxylic acids is 1. The zero-order valence-electron chi connectivity index (χ0n) is 12.6. The quantitative estimate of drug-likeness (QED) is 0.573. The summed E-state index contributed by atoms with van der Waals surface area (Å²) in [7, 11) is 0. The van der Waals surface area contributed by atoms with Crippen molar-refractivity contribution >= 4 is 11.9 Å². The number of rotatable bonds is 4. The third-order valence-electron chi connectivity index (χ3n) is 3.52. The van der Waals surface area contributed by atoms with Crippen LogP contribution in [0.25, 0.3) is 17.3 Å². The molecule has 3 rings (SSSR count). The second-order valence-corrected chi connectivity index (χ2v) is 5.24. The highest BCUT2D eigenvalue weighted by atomic mass is 19.1. The van der Waals surface area contributed by atoms with Crippen molar-refractivity contribution in [3.05, 3.63) is 83.3 Å². The number of nitrogens with one attached hydrogen (secondary N) is 1. The highest BCUT2D eigenvalue weighted by molar-refractivity contribution is 6.06. The van der Waals surface area contributed by atoms with Gasteiger partial charge in [-0.05, 0) is 48.9 Å². The van der Waals surface area contributed by atoms with Crippen LogP contribution in [0.2, 0.25) is 0 Å². The van der Waals surface area contributed by atoms with Crippen molar-refractivity contribution in [1.29, 1.82) is 0 Å². The Bertz CT molecular complexity index is 866. The molecule has 0 radical (unpaired) electrons. The van der Waals surface area contributed by atoms with Crippen LogP contribution >= 0.6 is 0 Å². The van der Waals surface area contributed by atoms with Crippen LogP contribution in [-0.4, -0.2) is 16.0 Å². The van der Waals surface area contributed by atoms with E-state index in [1.54, 1.807) is 19.1 Å². The molecule has 0 unspecified atom stereocenters. The van der Waals surface area contributed by atoms with Crippen LogP contribution < -0.4 is 0 Å². The number of halogens is 1. The molecule has 0 bridgehead atoms. The predicted octanol–water partition coefficient (Wildman–Crippen LogP) is 4.42. The highest BCUT2D eigenvalue weighted by Gasteiger charge is 2.06. The normalized spacial score (nSPS) is 11.0. The van der Waals surface area contributed by atoms with E-state index >= 15 is 0 Å². The van der Waals surface area contributed by atoms with Crippen LogP contribution in [0.4, 0.5) is 4.39 Å². The van der Waals surface area contributed by atoms with Gasteiger partial charge in [0.25, 0.3) is 0 Å². The molecule has 23 heavy (non-hydrogen) atoms. The largest absolute Gasteiger partial charge is 0.289 e. The molecule has 1 N–H and O–H groups in total. The summed E-state index contributed by atoms with van der Waals surface area (Å²) in [6.45, 7) is 1.64. The van der Waals surface area contributed by atoms with E-state index in [1.165, 1.54) is 18.2 Å². The van der Waals surface area contributed by atoms with Gasteiger partial charge < -0.3 is 0 Å². The molecule has 2 aromatic carbocycles. The third-order valence-corrected chi connectivity index (χ3v) is 3.52. The summed E-state index contributed by atoms with van der Waals surface area (Å²) >= 11 is 0. The summed E-state index contributed by atoms with van der Waals surface area (Å²) in [5.74, 6) is -0.490. The maximum Gasteiger partial charge on any atom is 0.185 e. The summed E-state index contributed by atoms with van der Waals surface area (Å²) in [5, 5.41) is 7.11. The number of carbonyl (C=O) groups is 1. The lowest BCUT2D eigenvalue weighted by atomic mass is 10.1. The van der Waals surface area contributed by atoms with Gasteiger partial charge in [0.05, 0.1) is 11.4 Å². The molecule has 0 saturated carbocycles. The van der Waals surface area contributed by atoms with Crippen LogP contribution in [0.1, 0.15) is 21.6 Å². The molecular weight excluding hydrogens is 291 g/mol. The number of H-pyrrole nitrogens is 1. The number of aromatic nitrogens is 2. The number of allylic oxidation sites excluding steroid dienone is 1. The predicted molar refractivity (Wildman–Crippen MR) is 88.5 cm³/mol. The average Bonchev–Trinajstić information content (AvgIpc) is 3.05. The Morgan fingerprint density at radius 3 is 2.65 bits per heavy atom. The zero-order valence-corrected chi connectivity index (χ0v) is 12.6. The van der Waals surface area contributed by atoms with Crippen molar-refractivity contribution in [3.8, 4) is 11.3 Å². The first-order chi connectivity index (χ1) is 11.1. The van der Waals surface area contributed by atoms with Gasteiger partial charge in [-0.25, -0.2) is 4.39 Å². The molecule has 0 aliphatic rings. The molecule has 3 aromatic rings. The number of ketones is 1. The summed E-state index contributed by atoms with van der Waals surface area (Å²) < 4.78 is 13.2. The number of benzene rings is 2. The molecular formula is C19H15FN2O. The van der Waals surface area contributed by atoms with Crippen LogP contribution in [0.5, 0.6) is 0 Å². The van der Waals surface area contributed by atoms with Crippen molar-refractivity contribution in [2.24, 2.45) is 0 Å². The van der Waals surface area contributed by atoms with E-state index in [2.05, 4.69) is 10.2 Å². The summed E-state index contributed by atoms with van der Waals surface area (Å²) in [6, 6.07) is 16.0. The van der Waals surface area contributed by atoms with Gasteiger partial charge in [-0.2, -0.15) is 5.10 Å². The van der Waals surface area contributed by atoms with Gasteiger partial charge in [-0.3, -0.25) is 9.89 Å². The molecule has 0 aliphatic carbocycles. The topological polar surface area (TPSA) is 45.8 Å². The molecule has 0 saturated heterocycles. The van der Waals surface area contributed by atoms with E-state index in [1.807, 2.05) is 36.4 Å². The van der Waals surface area contributed by atoms with Crippen molar-refractivity contribution in [3.63, 3.8) is 0 Å². The van der Waals surface area contributed by atoms with E-state index in [-0.39, 0.29) is 11.6 Å². The van der Waals surface area contributed by atoms with Crippen molar-refractivity contribution in [1.82, 2.24) is 10.2 Å². The van der Waals surface area contributed by atoms with Gasteiger partial charge >= 0.3 is 0 Å². The molecule has 0 fully saturated rings. The van der Waals surface area contributed by atoms with E-state index in [0.29, 0.717) is 11.1 Å². The van der Waals surface area contributed by atoms with Crippen molar-refractivity contribution in [2.75, 3.05) is 0 Å². The fraction of sp³-hybridized carbons (Fsp3) is 0.0526. The minimum absolute atomic E-state index is 0.177. The van der Waals surface area contributed by atoms with Crippen LogP contribution in [0, 0.1) is 12.7 Å². The minimum Gasteiger partial charge on any atom is -0.289 e. The molecule has 4 heteroatoms. The standard InChI is InChI=1S/C19H15FN2O/c1-13-11-15(7-9-17(13)20)19(23)10-8-16-12-18(22-21-16)14-5-3-2-4-6-14/h2-12H,1H3,(H,21,22)/b10-8+. The Morgan fingerprint density at radius 1 is 1.13 bits per heavy atom. The van der Waals surface area contributed by atoms with Gasteiger partial charge in [-0.15, -0.1) is 0 Å². The lowest BCUT2D eigenvalue weighted by molar-refractivity contribution is 0.104. The van der Waals surface area contributed by atoms with Crippen molar-refractivity contribution < 1.29 is 9.18 Å². The molecule has 0 spiro atoms. The fourth-order valence-electron chi connectivity index (χ4n) is 2.24. The molecule has 1 aromatic heterocycles.